The minimum absolute atomic E-state index is 0.491. The fourth-order valence-corrected chi connectivity index (χ4v) is 1.97. The summed E-state index contributed by atoms with van der Waals surface area (Å²) < 4.78 is 0. The van der Waals surface area contributed by atoms with Crippen molar-refractivity contribution in [3.8, 4) is 11.4 Å². The van der Waals surface area contributed by atoms with Crippen LogP contribution in [0.4, 0.5) is 17.3 Å². The zero-order valence-corrected chi connectivity index (χ0v) is 11.2. The first-order valence-electron chi connectivity index (χ1n) is 6.01. The molecule has 2 aromatic carbocycles. The normalized spacial score (nSPS) is 10.4. The number of nitrogen functional groups attached to an aromatic ring is 1. The summed E-state index contributed by atoms with van der Waals surface area (Å²) in [6, 6.07) is 14.8. The molecule has 0 bridgehead atoms. The first-order chi connectivity index (χ1) is 9.70. The molecule has 4 N–H and O–H groups in total. The highest BCUT2D eigenvalue weighted by Crippen LogP contribution is 2.21. The van der Waals surface area contributed by atoms with E-state index < -0.39 is 0 Å². The van der Waals surface area contributed by atoms with Gasteiger partial charge in [0.05, 0.1) is 0 Å². The molecule has 0 fully saturated rings. The van der Waals surface area contributed by atoms with Gasteiger partial charge in [-0.15, -0.1) is 5.10 Å². The van der Waals surface area contributed by atoms with Crippen molar-refractivity contribution in [3.63, 3.8) is 0 Å². The Kier molecular flexibility index (Phi) is 3.26. The molecule has 0 aliphatic heterocycles. The molecule has 0 aliphatic carbocycles. The van der Waals surface area contributed by atoms with E-state index in [1.807, 2.05) is 48.5 Å². The van der Waals surface area contributed by atoms with Crippen molar-refractivity contribution in [1.82, 2.24) is 15.2 Å². The Hall–Kier alpha value is -2.53. The van der Waals surface area contributed by atoms with Gasteiger partial charge in [0, 0.05) is 22.0 Å². The van der Waals surface area contributed by atoms with Gasteiger partial charge in [-0.2, -0.15) is 4.98 Å². The van der Waals surface area contributed by atoms with E-state index in [-0.39, 0.29) is 0 Å². The molecule has 5 nitrogen and oxygen atoms in total. The second-order valence-corrected chi connectivity index (χ2v) is 4.70. The SMILES string of the molecule is Nc1ccc(Nc2n[nH]c(-c3cccc(Cl)c3)n2)cc1. The number of hydrogen-bond donors (Lipinski definition) is 3. The van der Waals surface area contributed by atoms with Crippen LogP contribution in [0.25, 0.3) is 11.4 Å². The third kappa shape index (κ3) is 2.73. The summed E-state index contributed by atoms with van der Waals surface area (Å²) >= 11 is 5.96. The van der Waals surface area contributed by atoms with Gasteiger partial charge < -0.3 is 11.1 Å². The smallest absolute Gasteiger partial charge is 0.246 e. The van der Waals surface area contributed by atoms with Crippen LogP contribution in [0, 0.1) is 0 Å². The fourth-order valence-electron chi connectivity index (χ4n) is 1.78. The van der Waals surface area contributed by atoms with Crippen LogP contribution >= 0.6 is 11.6 Å². The molecular formula is C14H12ClN5. The van der Waals surface area contributed by atoms with E-state index in [9.17, 15) is 0 Å². The average molecular weight is 286 g/mol. The lowest BCUT2D eigenvalue weighted by molar-refractivity contribution is 1.10. The maximum atomic E-state index is 5.96. The summed E-state index contributed by atoms with van der Waals surface area (Å²) in [6.45, 7) is 0. The van der Waals surface area contributed by atoms with Crippen LogP contribution in [0.5, 0.6) is 0 Å². The Bertz CT molecular complexity index is 720. The fraction of sp³-hybridized carbons (Fsp3) is 0. The summed E-state index contributed by atoms with van der Waals surface area (Å²) in [5, 5.41) is 10.7. The van der Waals surface area contributed by atoms with Crippen LogP contribution < -0.4 is 11.1 Å². The number of halogens is 1. The average Bonchev–Trinajstić information content (AvgIpc) is 2.90. The van der Waals surface area contributed by atoms with Crippen molar-refractivity contribution >= 4 is 28.9 Å². The van der Waals surface area contributed by atoms with Crippen LogP contribution in [-0.4, -0.2) is 15.2 Å². The quantitative estimate of drug-likeness (QED) is 0.644. The van der Waals surface area contributed by atoms with Gasteiger partial charge in [-0.05, 0) is 36.4 Å². The highest BCUT2D eigenvalue weighted by molar-refractivity contribution is 6.30. The van der Waals surface area contributed by atoms with E-state index in [4.69, 9.17) is 17.3 Å². The Morgan fingerprint density at radius 1 is 1.10 bits per heavy atom. The lowest BCUT2D eigenvalue weighted by Gasteiger charge is -2.01. The maximum absolute atomic E-state index is 5.96. The Balaban J connectivity index is 1.82. The van der Waals surface area contributed by atoms with Gasteiger partial charge in [0.1, 0.15) is 0 Å². The maximum Gasteiger partial charge on any atom is 0.246 e. The highest BCUT2D eigenvalue weighted by atomic mass is 35.5. The highest BCUT2D eigenvalue weighted by Gasteiger charge is 2.06. The van der Waals surface area contributed by atoms with Crippen LogP contribution in [0.15, 0.2) is 48.5 Å². The number of hydrogen-bond acceptors (Lipinski definition) is 4. The Labute approximate surface area is 120 Å². The third-order valence-electron chi connectivity index (χ3n) is 2.75. The van der Waals surface area contributed by atoms with Gasteiger partial charge in [0.25, 0.3) is 0 Å². The number of anilines is 3. The number of aromatic nitrogens is 3. The van der Waals surface area contributed by atoms with Gasteiger partial charge in [-0.3, -0.25) is 5.10 Å². The molecule has 0 unspecified atom stereocenters. The number of nitrogens with zero attached hydrogens (tertiary/aromatic N) is 2. The minimum Gasteiger partial charge on any atom is -0.399 e. The van der Waals surface area contributed by atoms with Crippen molar-refractivity contribution in [2.75, 3.05) is 11.1 Å². The summed E-state index contributed by atoms with van der Waals surface area (Å²) in [7, 11) is 0. The minimum atomic E-state index is 0.491. The van der Waals surface area contributed by atoms with Crippen molar-refractivity contribution in [1.29, 1.82) is 0 Å². The van der Waals surface area contributed by atoms with Crippen LogP contribution in [0.3, 0.4) is 0 Å². The largest absolute Gasteiger partial charge is 0.399 e. The molecule has 3 rings (SSSR count). The molecular weight excluding hydrogens is 274 g/mol. The molecule has 1 heterocycles. The standard InChI is InChI=1S/C14H12ClN5/c15-10-3-1-2-9(8-10)13-18-14(20-19-13)17-12-6-4-11(16)5-7-12/h1-8H,16H2,(H2,17,18,19,20). The lowest BCUT2D eigenvalue weighted by Crippen LogP contribution is -1.93. The number of aromatic amines is 1. The molecule has 0 saturated heterocycles. The van der Waals surface area contributed by atoms with E-state index in [0.29, 0.717) is 22.5 Å². The monoisotopic (exact) mass is 285 g/mol. The Morgan fingerprint density at radius 3 is 2.65 bits per heavy atom. The molecule has 1 aromatic heterocycles. The second-order valence-electron chi connectivity index (χ2n) is 4.26. The number of nitrogens with one attached hydrogen (secondary N) is 2. The van der Waals surface area contributed by atoms with Gasteiger partial charge in [-0.1, -0.05) is 23.7 Å². The molecule has 3 aromatic rings. The second kappa shape index (κ2) is 5.22. The molecule has 0 aliphatic rings. The zero-order valence-electron chi connectivity index (χ0n) is 10.5. The molecule has 0 amide bonds. The van der Waals surface area contributed by atoms with Crippen molar-refractivity contribution < 1.29 is 0 Å². The van der Waals surface area contributed by atoms with E-state index in [0.717, 1.165) is 11.3 Å². The molecule has 100 valence electrons. The van der Waals surface area contributed by atoms with Gasteiger partial charge in [-0.25, -0.2) is 0 Å². The molecule has 20 heavy (non-hydrogen) atoms. The van der Waals surface area contributed by atoms with Crippen molar-refractivity contribution in [2.24, 2.45) is 0 Å². The first kappa shape index (κ1) is 12.5. The van der Waals surface area contributed by atoms with E-state index in [1.54, 1.807) is 0 Å². The lowest BCUT2D eigenvalue weighted by atomic mass is 10.2. The van der Waals surface area contributed by atoms with Crippen LogP contribution in [-0.2, 0) is 0 Å². The predicted molar refractivity (Wildman–Crippen MR) is 81.0 cm³/mol. The molecule has 0 radical (unpaired) electrons. The molecule has 6 heteroatoms. The summed E-state index contributed by atoms with van der Waals surface area (Å²) in [5.74, 6) is 1.15. The number of rotatable bonds is 3. The van der Waals surface area contributed by atoms with Crippen LogP contribution in [0.1, 0.15) is 0 Å². The van der Waals surface area contributed by atoms with Crippen LogP contribution in [0.2, 0.25) is 5.02 Å². The number of nitrogens with two attached hydrogens (primary N) is 1. The zero-order chi connectivity index (χ0) is 13.9. The Morgan fingerprint density at radius 2 is 1.90 bits per heavy atom. The molecule has 0 atom stereocenters. The third-order valence-corrected chi connectivity index (χ3v) is 2.99. The number of H-pyrrole nitrogens is 1. The predicted octanol–water partition coefficient (Wildman–Crippen LogP) is 3.45. The summed E-state index contributed by atoms with van der Waals surface area (Å²) in [4.78, 5) is 4.37. The van der Waals surface area contributed by atoms with E-state index >= 15 is 0 Å². The van der Waals surface area contributed by atoms with Crippen molar-refractivity contribution in [2.45, 2.75) is 0 Å². The molecule has 0 saturated carbocycles. The molecule has 0 spiro atoms. The van der Waals surface area contributed by atoms with Gasteiger partial charge in [0.15, 0.2) is 5.82 Å². The van der Waals surface area contributed by atoms with Gasteiger partial charge >= 0.3 is 0 Å². The van der Waals surface area contributed by atoms with Crippen molar-refractivity contribution in [3.05, 3.63) is 53.6 Å². The van der Waals surface area contributed by atoms with E-state index in [1.165, 1.54) is 0 Å². The summed E-state index contributed by atoms with van der Waals surface area (Å²) in [5.41, 5.74) is 8.11. The van der Waals surface area contributed by atoms with E-state index in [2.05, 4.69) is 20.5 Å². The first-order valence-corrected chi connectivity index (χ1v) is 6.39. The topological polar surface area (TPSA) is 79.6 Å². The number of benzene rings is 2. The van der Waals surface area contributed by atoms with Gasteiger partial charge in [0.2, 0.25) is 5.95 Å². The summed E-state index contributed by atoms with van der Waals surface area (Å²) in [6.07, 6.45) is 0.